The average Bonchev–Trinajstić information content (AvgIpc) is 1.89. The molecule has 0 unspecified atom stereocenters. The third-order valence-electron chi connectivity index (χ3n) is 1.09. The predicted octanol–water partition coefficient (Wildman–Crippen LogP) is 1.97. The van der Waals surface area contributed by atoms with Crippen molar-refractivity contribution in [2.24, 2.45) is 0 Å². The van der Waals surface area contributed by atoms with Gasteiger partial charge in [-0.25, -0.2) is 4.79 Å². The Kier molecular flexibility index (Phi) is 4.34. The summed E-state index contributed by atoms with van der Waals surface area (Å²) >= 11 is 0. The van der Waals surface area contributed by atoms with Crippen molar-refractivity contribution in [3.05, 3.63) is 17.4 Å². The maximum atomic E-state index is 10.3. The van der Waals surface area contributed by atoms with Crippen LogP contribution in [0.3, 0.4) is 0 Å². The first kappa shape index (κ1) is 8.99. The van der Waals surface area contributed by atoms with Crippen LogP contribution in [0.1, 0.15) is 26.7 Å². The summed E-state index contributed by atoms with van der Waals surface area (Å²) in [7, 11) is 0. The topological polar surface area (TPSA) is 37.3 Å². The molecule has 0 aromatic rings. The second-order valence-corrected chi connectivity index (χ2v) is 1.89. The van der Waals surface area contributed by atoms with Crippen molar-refractivity contribution in [2.75, 3.05) is 0 Å². The summed E-state index contributed by atoms with van der Waals surface area (Å²) in [6.07, 6.45) is 3.09. The molecule has 0 saturated heterocycles. The van der Waals surface area contributed by atoms with Gasteiger partial charge in [-0.2, -0.15) is 0 Å². The zero-order valence-corrected chi connectivity index (χ0v) is 6.35. The lowest BCUT2D eigenvalue weighted by atomic mass is 10.2. The molecule has 56 valence electrons. The maximum Gasteiger partial charge on any atom is 0.339 e. The van der Waals surface area contributed by atoms with Crippen LogP contribution in [0.15, 0.2) is 17.4 Å². The van der Waals surface area contributed by atoms with Crippen molar-refractivity contribution in [2.45, 2.75) is 26.7 Å². The van der Waals surface area contributed by atoms with Gasteiger partial charge in [0.05, 0.1) is 5.57 Å². The summed E-state index contributed by atoms with van der Waals surface area (Å²) in [5, 5.41) is 8.48. The van der Waals surface area contributed by atoms with Gasteiger partial charge in [0.25, 0.3) is 0 Å². The standard InChI is InChI=1S/C8H12O2/c1-3-5-6-7(4-2)8(9)10/h5H,3-4H2,1-2H3,(H,9,10). The molecular formula is C8H12O2. The number of carbonyl (C=O) groups is 1. The average molecular weight is 140 g/mol. The molecule has 0 aromatic carbocycles. The van der Waals surface area contributed by atoms with E-state index in [1.807, 2.05) is 6.92 Å². The lowest BCUT2D eigenvalue weighted by Crippen LogP contribution is -1.96. The van der Waals surface area contributed by atoms with E-state index < -0.39 is 5.97 Å². The number of hydrogen-bond acceptors (Lipinski definition) is 1. The van der Waals surface area contributed by atoms with Gasteiger partial charge in [0, 0.05) is 0 Å². The molecule has 0 atom stereocenters. The summed E-state index contributed by atoms with van der Waals surface area (Å²) in [5.74, 6) is -0.868. The molecule has 10 heavy (non-hydrogen) atoms. The normalized spacial score (nSPS) is 8.20. The third kappa shape index (κ3) is 3.10. The van der Waals surface area contributed by atoms with E-state index in [0.717, 1.165) is 6.42 Å². The van der Waals surface area contributed by atoms with Crippen LogP contribution >= 0.6 is 0 Å². The Morgan fingerprint density at radius 1 is 1.60 bits per heavy atom. The molecule has 0 fully saturated rings. The van der Waals surface area contributed by atoms with Crippen LogP contribution in [0, 0.1) is 0 Å². The number of carboxylic acids is 1. The molecule has 0 aromatic heterocycles. The monoisotopic (exact) mass is 140 g/mol. The minimum Gasteiger partial charge on any atom is -0.477 e. The summed E-state index contributed by atoms with van der Waals surface area (Å²) in [6.45, 7) is 3.75. The van der Waals surface area contributed by atoms with Gasteiger partial charge in [0.15, 0.2) is 0 Å². The van der Waals surface area contributed by atoms with Crippen LogP contribution < -0.4 is 0 Å². The minimum atomic E-state index is -0.868. The molecule has 0 bridgehead atoms. The first-order chi connectivity index (χ1) is 4.72. The van der Waals surface area contributed by atoms with E-state index in [4.69, 9.17) is 5.11 Å². The Morgan fingerprint density at radius 2 is 2.20 bits per heavy atom. The van der Waals surface area contributed by atoms with E-state index in [0.29, 0.717) is 12.0 Å². The number of hydrogen-bond donors (Lipinski definition) is 1. The van der Waals surface area contributed by atoms with Gasteiger partial charge in [0.2, 0.25) is 0 Å². The van der Waals surface area contributed by atoms with E-state index in [-0.39, 0.29) is 0 Å². The van der Waals surface area contributed by atoms with E-state index in [2.05, 4.69) is 5.73 Å². The van der Waals surface area contributed by atoms with Crippen LogP contribution in [-0.2, 0) is 4.79 Å². The quantitative estimate of drug-likeness (QED) is 0.480. The fraction of sp³-hybridized carbons (Fsp3) is 0.500. The Hall–Kier alpha value is -1.01. The van der Waals surface area contributed by atoms with Crippen molar-refractivity contribution in [1.29, 1.82) is 0 Å². The Bertz CT molecular complexity index is 174. The molecule has 0 heterocycles. The highest BCUT2D eigenvalue weighted by Crippen LogP contribution is 1.97. The molecule has 0 radical (unpaired) electrons. The highest BCUT2D eigenvalue weighted by atomic mass is 16.4. The SMILES string of the molecule is CCC=C=C(CC)C(=O)O. The second kappa shape index (κ2) is 4.83. The number of rotatable bonds is 3. The van der Waals surface area contributed by atoms with Gasteiger partial charge in [-0.05, 0) is 18.9 Å². The first-order valence-corrected chi connectivity index (χ1v) is 3.39. The fourth-order valence-electron chi connectivity index (χ4n) is 0.540. The largest absolute Gasteiger partial charge is 0.477 e. The second-order valence-electron chi connectivity index (χ2n) is 1.89. The third-order valence-corrected chi connectivity index (χ3v) is 1.09. The van der Waals surface area contributed by atoms with Crippen molar-refractivity contribution in [1.82, 2.24) is 0 Å². The molecule has 0 amide bonds. The van der Waals surface area contributed by atoms with Crippen LogP contribution in [0.4, 0.5) is 0 Å². The van der Waals surface area contributed by atoms with Gasteiger partial charge in [0.1, 0.15) is 0 Å². The molecule has 0 spiro atoms. The molecule has 0 saturated carbocycles. The van der Waals surface area contributed by atoms with Gasteiger partial charge in [-0.3, -0.25) is 0 Å². The summed E-state index contributed by atoms with van der Waals surface area (Å²) in [6, 6.07) is 0. The molecule has 2 heteroatoms. The van der Waals surface area contributed by atoms with E-state index in [9.17, 15) is 4.79 Å². The Balaban J connectivity index is 4.33. The Labute approximate surface area is 60.9 Å². The number of carboxylic acid groups (broad SMARTS) is 1. The zero-order chi connectivity index (χ0) is 7.98. The van der Waals surface area contributed by atoms with Crippen molar-refractivity contribution >= 4 is 5.97 Å². The summed E-state index contributed by atoms with van der Waals surface area (Å²) in [5.41, 5.74) is 3.06. The van der Waals surface area contributed by atoms with Gasteiger partial charge in [-0.1, -0.05) is 13.8 Å². The highest BCUT2D eigenvalue weighted by molar-refractivity contribution is 5.86. The van der Waals surface area contributed by atoms with Gasteiger partial charge in [-0.15, -0.1) is 5.73 Å². The fourth-order valence-corrected chi connectivity index (χ4v) is 0.540. The number of aliphatic carboxylic acids is 1. The smallest absolute Gasteiger partial charge is 0.339 e. The van der Waals surface area contributed by atoms with Gasteiger partial charge >= 0.3 is 5.97 Å². The molecule has 0 aliphatic rings. The lowest BCUT2D eigenvalue weighted by Gasteiger charge is -1.89. The van der Waals surface area contributed by atoms with Crippen molar-refractivity contribution in [3.63, 3.8) is 0 Å². The molecule has 0 aliphatic carbocycles. The van der Waals surface area contributed by atoms with Gasteiger partial charge < -0.3 is 5.11 Å². The van der Waals surface area contributed by atoms with Crippen LogP contribution in [0.25, 0.3) is 0 Å². The van der Waals surface area contributed by atoms with Crippen LogP contribution in [0.5, 0.6) is 0 Å². The summed E-state index contributed by atoms with van der Waals surface area (Å²) in [4.78, 5) is 10.3. The molecule has 0 rings (SSSR count). The van der Waals surface area contributed by atoms with E-state index >= 15 is 0 Å². The van der Waals surface area contributed by atoms with E-state index in [1.165, 1.54) is 0 Å². The summed E-state index contributed by atoms with van der Waals surface area (Å²) < 4.78 is 0. The molecule has 1 N–H and O–H groups in total. The van der Waals surface area contributed by atoms with Crippen LogP contribution in [0.2, 0.25) is 0 Å². The van der Waals surface area contributed by atoms with Crippen LogP contribution in [-0.4, -0.2) is 11.1 Å². The minimum absolute atomic E-state index is 0.349. The first-order valence-electron chi connectivity index (χ1n) is 3.39. The lowest BCUT2D eigenvalue weighted by molar-refractivity contribution is -0.132. The molecule has 2 nitrogen and oxygen atoms in total. The highest BCUT2D eigenvalue weighted by Gasteiger charge is 2.00. The van der Waals surface area contributed by atoms with Crippen molar-refractivity contribution in [3.8, 4) is 0 Å². The molecule has 0 aliphatic heterocycles. The molecular weight excluding hydrogens is 128 g/mol. The maximum absolute atomic E-state index is 10.3. The predicted molar refractivity (Wildman–Crippen MR) is 39.8 cm³/mol. The Morgan fingerprint density at radius 3 is 2.50 bits per heavy atom. The zero-order valence-electron chi connectivity index (χ0n) is 6.35. The van der Waals surface area contributed by atoms with Crippen molar-refractivity contribution < 1.29 is 9.90 Å². The van der Waals surface area contributed by atoms with E-state index in [1.54, 1.807) is 13.0 Å².